The van der Waals surface area contributed by atoms with Gasteiger partial charge in [0, 0.05) is 6.07 Å². The van der Waals surface area contributed by atoms with Crippen LogP contribution in [0.2, 0.25) is 0 Å². The van der Waals surface area contributed by atoms with Crippen LogP contribution in [-0.4, -0.2) is 26.2 Å². The molecule has 1 saturated heterocycles. The third-order valence-electron chi connectivity index (χ3n) is 5.25. The van der Waals surface area contributed by atoms with Crippen molar-refractivity contribution in [2.45, 2.75) is 13.2 Å². The van der Waals surface area contributed by atoms with Crippen molar-refractivity contribution in [2.24, 2.45) is 0 Å². The predicted molar refractivity (Wildman–Crippen MR) is 109 cm³/mol. The number of hydrogen-bond acceptors (Lipinski definition) is 4. The van der Waals surface area contributed by atoms with Crippen molar-refractivity contribution in [3.63, 3.8) is 0 Å². The number of piperazine rings is 1. The second kappa shape index (κ2) is 9.09. The summed E-state index contributed by atoms with van der Waals surface area (Å²) < 4.78 is 38.0. The first-order valence-corrected chi connectivity index (χ1v) is 9.90. The highest BCUT2D eigenvalue weighted by molar-refractivity contribution is 5.47. The number of ether oxygens (including phenoxy) is 1. The summed E-state index contributed by atoms with van der Waals surface area (Å²) in [4.78, 5) is 15.6. The van der Waals surface area contributed by atoms with Gasteiger partial charge in [-0.3, -0.25) is 4.79 Å². The zero-order valence-corrected chi connectivity index (χ0v) is 16.4. The molecule has 0 bridgehead atoms. The van der Waals surface area contributed by atoms with E-state index in [0.29, 0.717) is 18.0 Å². The highest BCUT2D eigenvalue weighted by Crippen LogP contribution is 2.18. The molecule has 1 aromatic heterocycles. The highest BCUT2D eigenvalue weighted by Gasteiger charge is 2.23. The molecule has 0 aliphatic carbocycles. The summed E-state index contributed by atoms with van der Waals surface area (Å²) in [6.45, 7) is 3.85. The Balaban J connectivity index is 1.31. The molecule has 0 amide bonds. The second-order valence-electron chi connectivity index (χ2n) is 7.36. The van der Waals surface area contributed by atoms with Crippen LogP contribution in [0.25, 0.3) is 0 Å². The van der Waals surface area contributed by atoms with E-state index in [9.17, 15) is 13.6 Å². The molecule has 30 heavy (non-hydrogen) atoms. The van der Waals surface area contributed by atoms with E-state index < -0.39 is 0 Å². The molecule has 0 radical (unpaired) electrons. The van der Waals surface area contributed by atoms with Crippen LogP contribution in [-0.2, 0) is 13.2 Å². The van der Waals surface area contributed by atoms with E-state index in [1.807, 2.05) is 11.0 Å². The maximum absolute atomic E-state index is 14.0. The van der Waals surface area contributed by atoms with Gasteiger partial charge in [-0.15, -0.1) is 0 Å². The van der Waals surface area contributed by atoms with Crippen molar-refractivity contribution < 1.29 is 22.8 Å². The second-order valence-corrected chi connectivity index (χ2v) is 7.36. The summed E-state index contributed by atoms with van der Waals surface area (Å²) in [5.41, 5.74) is 1.14. The quantitative estimate of drug-likeness (QED) is 0.674. The third-order valence-corrected chi connectivity index (χ3v) is 5.25. The molecule has 1 aliphatic heterocycles. The van der Waals surface area contributed by atoms with Crippen LogP contribution in [0, 0.1) is 11.6 Å². The Kier molecular flexibility index (Phi) is 6.09. The van der Waals surface area contributed by atoms with Crippen LogP contribution >= 0.6 is 0 Å². The SMILES string of the molecule is O=c1cc(C[NH+]2CCN(c3ccccc3F)CC2)occ1OCc1ccc(F)cc1. The smallest absolute Gasteiger partial charge is 0.227 e. The average molecular weight is 413 g/mol. The molecule has 0 unspecified atom stereocenters. The topological polar surface area (TPSA) is 47.1 Å². The lowest BCUT2D eigenvalue weighted by atomic mass is 10.2. The molecular formula is C23H23F2N2O3+. The van der Waals surface area contributed by atoms with Crippen molar-refractivity contribution in [3.8, 4) is 5.75 Å². The first-order valence-electron chi connectivity index (χ1n) is 9.90. The summed E-state index contributed by atoms with van der Waals surface area (Å²) in [7, 11) is 0. The standard InChI is InChI=1S/C23H22F2N2O3/c24-18-7-5-17(6-8-18)15-30-23-16-29-19(13-22(23)28)14-26-9-11-27(12-10-26)21-4-2-1-3-20(21)25/h1-8,13,16H,9-12,14-15H2/p+1. The zero-order valence-electron chi connectivity index (χ0n) is 16.4. The van der Waals surface area contributed by atoms with Crippen molar-refractivity contribution in [1.82, 2.24) is 0 Å². The van der Waals surface area contributed by atoms with Gasteiger partial charge in [-0.25, -0.2) is 8.78 Å². The zero-order chi connectivity index (χ0) is 20.9. The molecule has 2 heterocycles. The number of para-hydroxylation sites is 1. The van der Waals surface area contributed by atoms with Crippen LogP contribution in [0.1, 0.15) is 11.3 Å². The molecule has 0 saturated carbocycles. The van der Waals surface area contributed by atoms with E-state index in [0.717, 1.165) is 31.7 Å². The fourth-order valence-electron chi connectivity index (χ4n) is 3.57. The molecule has 4 rings (SSSR count). The predicted octanol–water partition coefficient (Wildman–Crippen LogP) is 2.40. The maximum Gasteiger partial charge on any atom is 0.227 e. The van der Waals surface area contributed by atoms with E-state index in [-0.39, 0.29) is 29.4 Å². The average Bonchev–Trinajstić information content (AvgIpc) is 2.75. The van der Waals surface area contributed by atoms with E-state index in [1.165, 1.54) is 35.4 Å². The first-order chi connectivity index (χ1) is 14.6. The number of halogens is 2. The molecule has 0 atom stereocenters. The fraction of sp³-hybridized carbons (Fsp3) is 0.261. The van der Waals surface area contributed by atoms with Gasteiger partial charge in [-0.05, 0) is 29.8 Å². The van der Waals surface area contributed by atoms with Crippen molar-refractivity contribution in [1.29, 1.82) is 0 Å². The Morgan fingerprint density at radius 2 is 1.77 bits per heavy atom. The Hall–Kier alpha value is -3.19. The normalized spacial score (nSPS) is 14.7. The third kappa shape index (κ3) is 4.86. The molecule has 1 N–H and O–H groups in total. The molecule has 1 aliphatic rings. The lowest BCUT2D eigenvalue weighted by molar-refractivity contribution is -0.915. The molecule has 2 aromatic carbocycles. The Morgan fingerprint density at radius 3 is 2.47 bits per heavy atom. The van der Waals surface area contributed by atoms with Crippen LogP contribution in [0.5, 0.6) is 5.75 Å². The molecular weight excluding hydrogens is 390 g/mol. The number of rotatable bonds is 6. The summed E-state index contributed by atoms with van der Waals surface area (Å²) in [5, 5.41) is 0. The minimum Gasteiger partial charge on any atom is -0.482 e. The summed E-state index contributed by atoms with van der Waals surface area (Å²) in [6.07, 6.45) is 1.33. The van der Waals surface area contributed by atoms with Gasteiger partial charge in [0.15, 0.2) is 5.76 Å². The number of anilines is 1. The van der Waals surface area contributed by atoms with Gasteiger partial charge in [0.25, 0.3) is 0 Å². The van der Waals surface area contributed by atoms with Gasteiger partial charge in [0.2, 0.25) is 11.2 Å². The number of nitrogens with one attached hydrogen (secondary N) is 1. The van der Waals surface area contributed by atoms with E-state index in [4.69, 9.17) is 9.15 Å². The Morgan fingerprint density at radius 1 is 1.03 bits per heavy atom. The molecule has 0 spiro atoms. The molecule has 5 nitrogen and oxygen atoms in total. The molecule has 156 valence electrons. The van der Waals surface area contributed by atoms with Gasteiger partial charge in [-0.1, -0.05) is 24.3 Å². The van der Waals surface area contributed by atoms with E-state index in [1.54, 1.807) is 24.3 Å². The summed E-state index contributed by atoms with van der Waals surface area (Å²) in [6, 6.07) is 14.2. The molecule has 1 fully saturated rings. The van der Waals surface area contributed by atoms with Crippen molar-refractivity contribution >= 4 is 5.69 Å². The van der Waals surface area contributed by atoms with Crippen LogP contribution in [0.3, 0.4) is 0 Å². The van der Waals surface area contributed by atoms with Crippen LogP contribution < -0.4 is 20.0 Å². The Bertz CT molecular complexity index is 1040. The molecule has 3 aromatic rings. The number of nitrogens with zero attached hydrogens (tertiary/aromatic N) is 1. The van der Waals surface area contributed by atoms with Crippen molar-refractivity contribution in [2.75, 3.05) is 31.1 Å². The Labute approximate surface area is 173 Å². The minimum atomic E-state index is -0.320. The van der Waals surface area contributed by atoms with Crippen LogP contribution in [0.15, 0.2) is 70.1 Å². The number of benzene rings is 2. The van der Waals surface area contributed by atoms with Gasteiger partial charge in [0.05, 0.1) is 31.9 Å². The van der Waals surface area contributed by atoms with E-state index >= 15 is 0 Å². The lowest BCUT2D eigenvalue weighted by Gasteiger charge is -2.33. The fourth-order valence-corrected chi connectivity index (χ4v) is 3.57. The maximum atomic E-state index is 14.0. The van der Waals surface area contributed by atoms with Gasteiger partial charge in [-0.2, -0.15) is 0 Å². The largest absolute Gasteiger partial charge is 0.482 e. The van der Waals surface area contributed by atoms with Gasteiger partial charge < -0.3 is 19.0 Å². The van der Waals surface area contributed by atoms with Gasteiger partial charge in [0.1, 0.15) is 31.0 Å². The summed E-state index contributed by atoms with van der Waals surface area (Å²) in [5.74, 6) is 0.189. The molecule has 7 heteroatoms. The minimum absolute atomic E-state index is 0.127. The lowest BCUT2D eigenvalue weighted by Crippen LogP contribution is -3.13. The number of hydrogen-bond donors (Lipinski definition) is 1. The van der Waals surface area contributed by atoms with Gasteiger partial charge >= 0.3 is 0 Å². The first kappa shape index (κ1) is 20.1. The monoisotopic (exact) mass is 413 g/mol. The highest BCUT2D eigenvalue weighted by atomic mass is 19.1. The summed E-state index contributed by atoms with van der Waals surface area (Å²) >= 11 is 0. The van der Waals surface area contributed by atoms with E-state index in [2.05, 4.69) is 0 Å². The van der Waals surface area contributed by atoms with Crippen LogP contribution in [0.4, 0.5) is 14.5 Å². The van der Waals surface area contributed by atoms with Crippen molar-refractivity contribution in [3.05, 3.63) is 94.0 Å². The number of quaternary nitrogens is 1.